The van der Waals surface area contributed by atoms with Gasteiger partial charge in [-0.05, 0) is 48.9 Å². The molecule has 9 heteroatoms. The fraction of sp³-hybridized carbons (Fsp3) is 0.148. The zero-order valence-corrected chi connectivity index (χ0v) is 20.3. The van der Waals surface area contributed by atoms with Gasteiger partial charge in [-0.25, -0.2) is 20.0 Å². The molecule has 0 unspecified atom stereocenters. The molecule has 0 spiro atoms. The molecule has 9 nitrogen and oxygen atoms in total. The van der Waals surface area contributed by atoms with Crippen LogP contribution in [0.15, 0.2) is 91.2 Å². The molecule has 0 aliphatic carbocycles. The molecule has 0 saturated carbocycles. The van der Waals surface area contributed by atoms with Gasteiger partial charge in [-0.2, -0.15) is 5.10 Å². The van der Waals surface area contributed by atoms with Gasteiger partial charge in [0.15, 0.2) is 5.82 Å². The molecular weight excluding hydrogens is 452 g/mol. The van der Waals surface area contributed by atoms with Gasteiger partial charge in [-0.1, -0.05) is 24.8 Å². The van der Waals surface area contributed by atoms with E-state index in [-0.39, 0.29) is 5.91 Å². The average Bonchev–Trinajstić information content (AvgIpc) is 3.30. The van der Waals surface area contributed by atoms with Gasteiger partial charge in [0.05, 0.1) is 24.1 Å². The molecule has 4 aromatic rings. The van der Waals surface area contributed by atoms with Gasteiger partial charge in [0.1, 0.15) is 12.0 Å². The summed E-state index contributed by atoms with van der Waals surface area (Å²) in [5, 5.41) is 12.3. The maximum atomic E-state index is 12.8. The molecule has 0 fully saturated rings. The third kappa shape index (κ3) is 5.82. The van der Waals surface area contributed by atoms with Crippen molar-refractivity contribution < 1.29 is 4.79 Å². The number of nitrogens with one attached hydrogen (secondary N) is 2. The zero-order chi connectivity index (χ0) is 25.3. The Kier molecular flexibility index (Phi) is 7.82. The predicted molar refractivity (Wildman–Crippen MR) is 142 cm³/mol. The minimum atomic E-state index is -0.141. The number of hydrazone groups is 1. The van der Waals surface area contributed by atoms with Gasteiger partial charge < -0.3 is 15.2 Å². The molecule has 2 aromatic heterocycles. The zero-order valence-electron chi connectivity index (χ0n) is 20.3. The first-order chi connectivity index (χ1) is 17.6. The number of aromatic nitrogens is 4. The summed E-state index contributed by atoms with van der Waals surface area (Å²) in [6, 6.07) is 17.0. The molecule has 0 aliphatic heterocycles. The second kappa shape index (κ2) is 11.6. The third-order valence-corrected chi connectivity index (χ3v) is 5.56. The smallest absolute Gasteiger partial charge is 0.251 e. The number of amides is 1. The van der Waals surface area contributed by atoms with Crippen molar-refractivity contribution in [3.8, 4) is 11.5 Å². The fourth-order valence-electron chi connectivity index (χ4n) is 3.63. The number of imidazole rings is 1. The van der Waals surface area contributed by atoms with Crippen LogP contribution in [0.2, 0.25) is 0 Å². The van der Waals surface area contributed by atoms with E-state index in [9.17, 15) is 4.79 Å². The highest BCUT2D eigenvalue weighted by molar-refractivity contribution is 5.95. The highest BCUT2D eigenvalue weighted by atomic mass is 16.1. The molecule has 2 aromatic carbocycles. The van der Waals surface area contributed by atoms with Crippen molar-refractivity contribution in [1.29, 1.82) is 0 Å². The van der Waals surface area contributed by atoms with Crippen molar-refractivity contribution in [1.82, 2.24) is 24.8 Å². The quantitative estimate of drug-likeness (QED) is 0.258. The summed E-state index contributed by atoms with van der Waals surface area (Å²) in [6.07, 6.45) is 8.36. The number of nitrogens with zero attached hydrogens (tertiary/aromatic N) is 6. The number of carbonyl (C=O) groups is 1. The second-order valence-electron chi connectivity index (χ2n) is 7.91. The molecule has 36 heavy (non-hydrogen) atoms. The molecule has 4 rings (SSSR count). The summed E-state index contributed by atoms with van der Waals surface area (Å²) < 4.78 is 1.99. The molecule has 0 atom stereocenters. The van der Waals surface area contributed by atoms with Crippen LogP contribution in [0.4, 0.5) is 11.4 Å². The Hall–Kier alpha value is -4.79. The van der Waals surface area contributed by atoms with Crippen molar-refractivity contribution >= 4 is 23.5 Å². The minimum absolute atomic E-state index is 0.141. The van der Waals surface area contributed by atoms with Gasteiger partial charge in [0.2, 0.25) is 0 Å². The molecular formula is C27H28N8O. The number of rotatable bonds is 10. The van der Waals surface area contributed by atoms with E-state index >= 15 is 0 Å². The van der Waals surface area contributed by atoms with Crippen molar-refractivity contribution in [2.75, 3.05) is 10.3 Å². The Bertz CT molecular complexity index is 1350. The minimum Gasteiger partial charge on any atom is -0.379 e. The molecule has 2 heterocycles. The van der Waals surface area contributed by atoms with Gasteiger partial charge in [0.25, 0.3) is 5.91 Å². The van der Waals surface area contributed by atoms with E-state index in [2.05, 4.69) is 37.3 Å². The lowest BCUT2D eigenvalue weighted by Crippen LogP contribution is -2.22. The maximum Gasteiger partial charge on any atom is 0.251 e. The van der Waals surface area contributed by atoms with E-state index in [4.69, 9.17) is 0 Å². The highest BCUT2D eigenvalue weighted by Gasteiger charge is 2.11. The number of benzene rings is 2. The van der Waals surface area contributed by atoms with Crippen molar-refractivity contribution in [2.45, 2.75) is 20.0 Å². The van der Waals surface area contributed by atoms with E-state index in [1.54, 1.807) is 29.7 Å². The lowest BCUT2D eigenvalue weighted by Gasteiger charge is -2.14. The predicted octanol–water partition coefficient (Wildman–Crippen LogP) is 4.37. The molecule has 0 saturated heterocycles. The third-order valence-electron chi connectivity index (χ3n) is 5.56. The Morgan fingerprint density at radius 1 is 1.14 bits per heavy atom. The van der Waals surface area contributed by atoms with Crippen LogP contribution >= 0.6 is 0 Å². The molecule has 0 radical (unpaired) electrons. The van der Waals surface area contributed by atoms with Crippen LogP contribution in [-0.2, 0) is 20.1 Å². The topological polar surface area (TPSA) is 100 Å². The first-order valence-electron chi connectivity index (χ1n) is 11.5. The molecule has 1 amide bonds. The van der Waals surface area contributed by atoms with Gasteiger partial charge in [-0.15, -0.1) is 0 Å². The first kappa shape index (κ1) is 24.3. The SMILES string of the molecule is C=CN(/N=C\C)c1ccc(CNC(=O)c2cccc(NCc3cnc(-c4ccncn4)n3C)c2)cc1. The summed E-state index contributed by atoms with van der Waals surface area (Å²) in [6.45, 7) is 6.59. The van der Waals surface area contributed by atoms with Crippen molar-refractivity contribution in [3.05, 3.63) is 103 Å². The van der Waals surface area contributed by atoms with Crippen LogP contribution in [0.1, 0.15) is 28.5 Å². The summed E-state index contributed by atoms with van der Waals surface area (Å²) in [5.74, 6) is 0.628. The monoisotopic (exact) mass is 480 g/mol. The second-order valence-corrected chi connectivity index (χ2v) is 7.91. The summed E-state index contributed by atoms with van der Waals surface area (Å²) >= 11 is 0. The van der Waals surface area contributed by atoms with Crippen molar-refractivity contribution in [3.63, 3.8) is 0 Å². The van der Waals surface area contributed by atoms with Gasteiger partial charge >= 0.3 is 0 Å². The first-order valence-corrected chi connectivity index (χ1v) is 11.5. The molecule has 0 bridgehead atoms. The van der Waals surface area contributed by atoms with E-state index in [0.29, 0.717) is 18.7 Å². The number of hydrogen-bond acceptors (Lipinski definition) is 7. The Morgan fingerprint density at radius 3 is 2.69 bits per heavy atom. The van der Waals surface area contributed by atoms with Crippen molar-refractivity contribution in [2.24, 2.45) is 12.1 Å². The van der Waals surface area contributed by atoms with Gasteiger partial charge in [0, 0.05) is 43.5 Å². The van der Waals surface area contributed by atoms with Crippen LogP contribution in [-0.4, -0.2) is 31.6 Å². The van der Waals surface area contributed by atoms with Gasteiger partial charge in [-0.3, -0.25) is 4.79 Å². The highest BCUT2D eigenvalue weighted by Crippen LogP contribution is 2.18. The van der Waals surface area contributed by atoms with E-state index in [1.807, 2.05) is 73.3 Å². The van der Waals surface area contributed by atoms with E-state index in [0.717, 1.165) is 34.2 Å². The number of hydrogen-bond donors (Lipinski definition) is 2. The summed E-state index contributed by atoms with van der Waals surface area (Å²) in [7, 11) is 1.95. The van der Waals surface area contributed by atoms with Crippen LogP contribution in [0.5, 0.6) is 0 Å². The summed E-state index contributed by atoms with van der Waals surface area (Å²) in [4.78, 5) is 25.5. The van der Waals surface area contributed by atoms with Crippen LogP contribution in [0, 0.1) is 0 Å². The number of anilines is 2. The summed E-state index contributed by atoms with van der Waals surface area (Å²) in [5.41, 5.74) is 5.06. The Morgan fingerprint density at radius 2 is 1.97 bits per heavy atom. The molecule has 2 N–H and O–H groups in total. The maximum absolute atomic E-state index is 12.8. The fourth-order valence-corrected chi connectivity index (χ4v) is 3.63. The normalized spacial score (nSPS) is 10.8. The average molecular weight is 481 g/mol. The Labute approximate surface area is 210 Å². The van der Waals surface area contributed by atoms with E-state index < -0.39 is 0 Å². The standard InChI is InChI=1S/C27H28N8O/c1-4-33-35(5-2)23-11-9-20(10-12-23)16-31-27(36)21-7-6-8-22(15-21)29-17-24-18-30-26(34(24)3)25-13-14-28-19-32-25/h4-15,18-19,29H,2,16-17H2,1,3H3,(H,31,36)/b33-4-. The Balaban J connectivity index is 1.34. The van der Waals surface area contributed by atoms with E-state index in [1.165, 1.54) is 6.33 Å². The van der Waals surface area contributed by atoms with Crippen LogP contribution < -0.4 is 15.6 Å². The van der Waals surface area contributed by atoms with Crippen LogP contribution in [0.3, 0.4) is 0 Å². The lowest BCUT2D eigenvalue weighted by molar-refractivity contribution is 0.0951. The largest absolute Gasteiger partial charge is 0.379 e. The lowest BCUT2D eigenvalue weighted by atomic mass is 10.1. The molecule has 182 valence electrons. The van der Waals surface area contributed by atoms with Crippen LogP contribution in [0.25, 0.3) is 11.5 Å². The molecule has 0 aliphatic rings. The number of carbonyl (C=O) groups excluding carboxylic acids is 1.